The van der Waals surface area contributed by atoms with E-state index >= 15 is 0 Å². The van der Waals surface area contributed by atoms with Crippen LogP contribution in [0.5, 0.6) is 0 Å². The van der Waals surface area contributed by atoms with Crippen molar-refractivity contribution in [1.82, 2.24) is 4.90 Å². The third-order valence-corrected chi connectivity index (χ3v) is 5.73. The Hall–Kier alpha value is -2.73. The molecule has 0 bridgehead atoms. The molecule has 2 aromatic carbocycles. The SMILES string of the molecule is Cc1ccccc1C(/C=N\OCCN1CCC[C@@H](C(=O)O)C1)c1ccc(F)cc1C. The van der Waals surface area contributed by atoms with Crippen molar-refractivity contribution in [3.63, 3.8) is 0 Å². The molecule has 0 saturated carbocycles. The first kappa shape index (κ1) is 22.0. The van der Waals surface area contributed by atoms with E-state index in [1.807, 2.05) is 32.0 Å². The summed E-state index contributed by atoms with van der Waals surface area (Å²) >= 11 is 0. The van der Waals surface area contributed by atoms with E-state index in [4.69, 9.17) is 4.84 Å². The van der Waals surface area contributed by atoms with Crippen LogP contribution in [0.15, 0.2) is 47.6 Å². The monoisotopic (exact) mass is 412 g/mol. The Morgan fingerprint density at radius 2 is 2.03 bits per heavy atom. The Balaban J connectivity index is 1.66. The Bertz CT molecular complexity index is 900. The second-order valence-corrected chi connectivity index (χ2v) is 7.90. The average molecular weight is 413 g/mol. The highest BCUT2D eigenvalue weighted by molar-refractivity contribution is 5.74. The maximum atomic E-state index is 13.6. The molecule has 0 spiro atoms. The van der Waals surface area contributed by atoms with Gasteiger partial charge in [-0.2, -0.15) is 0 Å². The van der Waals surface area contributed by atoms with Gasteiger partial charge in [0.1, 0.15) is 12.4 Å². The number of carbonyl (C=O) groups is 1. The highest BCUT2D eigenvalue weighted by Gasteiger charge is 2.25. The van der Waals surface area contributed by atoms with Gasteiger partial charge in [-0.25, -0.2) is 4.39 Å². The van der Waals surface area contributed by atoms with Crippen LogP contribution in [0.1, 0.15) is 41.0 Å². The molecule has 1 N–H and O–H groups in total. The van der Waals surface area contributed by atoms with Crippen molar-refractivity contribution < 1.29 is 19.1 Å². The minimum Gasteiger partial charge on any atom is -0.481 e. The van der Waals surface area contributed by atoms with E-state index in [-0.39, 0.29) is 17.7 Å². The Kier molecular flexibility index (Phi) is 7.57. The van der Waals surface area contributed by atoms with Gasteiger partial charge in [0.05, 0.1) is 12.1 Å². The van der Waals surface area contributed by atoms with Gasteiger partial charge in [-0.05, 0) is 67.6 Å². The van der Waals surface area contributed by atoms with Crippen LogP contribution in [-0.4, -0.2) is 48.4 Å². The molecule has 1 aliphatic rings. The van der Waals surface area contributed by atoms with E-state index in [1.165, 1.54) is 12.1 Å². The van der Waals surface area contributed by atoms with Crippen LogP contribution >= 0.6 is 0 Å². The van der Waals surface area contributed by atoms with E-state index in [0.29, 0.717) is 19.7 Å². The number of likely N-dealkylation sites (tertiary alicyclic amines) is 1. The number of hydrogen-bond acceptors (Lipinski definition) is 4. The quantitative estimate of drug-likeness (QED) is 0.397. The molecule has 5 nitrogen and oxygen atoms in total. The predicted molar refractivity (Wildman–Crippen MR) is 115 cm³/mol. The summed E-state index contributed by atoms with van der Waals surface area (Å²) in [6.07, 6.45) is 3.39. The Labute approximate surface area is 177 Å². The highest BCUT2D eigenvalue weighted by Crippen LogP contribution is 2.28. The van der Waals surface area contributed by atoms with E-state index in [9.17, 15) is 14.3 Å². The second kappa shape index (κ2) is 10.3. The van der Waals surface area contributed by atoms with Gasteiger partial charge >= 0.3 is 5.97 Å². The van der Waals surface area contributed by atoms with Gasteiger partial charge in [0.25, 0.3) is 0 Å². The minimum atomic E-state index is -0.727. The second-order valence-electron chi connectivity index (χ2n) is 7.90. The molecule has 0 radical (unpaired) electrons. The number of nitrogens with zero attached hydrogens (tertiary/aromatic N) is 2. The molecule has 0 aromatic heterocycles. The molecule has 160 valence electrons. The number of hydrogen-bond donors (Lipinski definition) is 1. The smallest absolute Gasteiger partial charge is 0.307 e. The van der Waals surface area contributed by atoms with Crippen molar-refractivity contribution in [3.05, 3.63) is 70.5 Å². The van der Waals surface area contributed by atoms with E-state index in [1.54, 1.807) is 12.3 Å². The van der Waals surface area contributed by atoms with Gasteiger partial charge in [-0.15, -0.1) is 0 Å². The number of piperidine rings is 1. The molecule has 1 saturated heterocycles. The molecular formula is C24H29FN2O3. The van der Waals surface area contributed by atoms with Gasteiger partial charge in [0.2, 0.25) is 0 Å². The van der Waals surface area contributed by atoms with Crippen molar-refractivity contribution >= 4 is 12.2 Å². The molecular weight excluding hydrogens is 383 g/mol. The van der Waals surface area contributed by atoms with Crippen molar-refractivity contribution in [3.8, 4) is 0 Å². The Morgan fingerprint density at radius 3 is 2.77 bits per heavy atom. The normalized spacial score (nSPS) is 18.4. The maximum absolute atomic E-state index is 13.6. The topological polar surface area (TPSA) is 62.1 Å². The van der Waals surface area contributed by atoms with Crippen molar-refractivity contribution in [2.45, 2.75) is 32.6 Å². The molecule has 6 heteroatoms. The molecule has 3 rings (SSSR count). The average Bonchev–Trinajstić information content (AvgIpc) is 2.72. The molecule has 0 amide bonds. The zero-order valence-electron chi connectivity index (χ0n) is 17.6. The summed E-state index contributed by atoms with van der Waals surface area (Å²) in [5.41, 5.74) is 4.08. The number of aliphatic carboxylic acids is 1. The van der Waals surface area contributed by atoms with Crippen LogP contribution in [0, 0.1) is 25.6 Å². The third kappa shape index (κ3) is 5.66. The largest absolute Gasteiger partial charge is 0.481 e. The summed E-state index contributed by atoms with van der Waals surface area (Å²) in [4.78, 5) is 18.8. The van der Waals surface area contributed by atoms with Crippen molar-refractivity contribution in [2.24, 2.45) is 11.1 Å². The van der Waals surface area contributed by atoms with Crippen LogP contribution in [0.3, 0.4) is 0 Å². The lowest BCUT2D eigenvalue weighted by atomic mass is 9.87. The van der Waals surface area contributed by atoms with Crippen molar-refractivity contribution in [1.29, 1.82) is 0 Å². The number of carboxylic acids is 1. The van der Waals surface area contributed by atoms with Crippen LogP contribution in [0.25, 0.3) is 0 Å². The fourth-order valence-electron chi connectivity index (χ4n) is 4.04. The lowest BCUT2D eigenvalue weighted by Gasteiger charge is -2.29. The van der Waals surface area contributed by atoms with Crippen molar-refractivity contribution in [2.75, 3.05) is 26.2 Å². The molecule has 1 heterocycles. The minimum absolute atomic E-state index is 0.141. The molecule has 2 atom stereocenters. The number of oxime groups is 1. The fraction of sp³-hybridized carbons (Fsp3) is 0.417. The summed E-state index contributed by atoms with van der Waals surface area (Å²) in [7, 11) is 0. The summed E-state index contributed by atoms with van der Waals surface area (Å²) in [5.74, 6) is -1.42. The molecule has 1 fully saturated rings. The van der Waals surface area contributed by atoms with Crippen LogP contribution < -0.4 is 0 Å². The number of benzene rings is 2. The fourth-order valence-corrected chi connectivity index (χ4v) is 4.04. The number of rotatable bonds is 8. The highest BCUT2D eigenvalue weighted by atomic mass is 19.1. The van der Waals surface area contributed by atoms with Crippen LogP contribution in [0.4, 0.5) is 4.39 Å². The van der Waals surface area contributed by atoms with E-state index < -0.39 is 5.97 Å². The molecule has 2 aromatic rings. The van der Waals surface area contributed by atoms with Crippen LogP contribution in [0.2, 0.25) is 0 Å². The van der Waals surface area contributed by atoms with E-state index in [2.05, 4.69) is 16.1 Å². The van der Waals surface area contributed by atoms with E-state index in [0.717, 1.165) is 41.6 Å². The van der Waals surface area contributed by atoms with Gasteiger partial charge < -0.3 is 9.94 Å². The van der Waals surface area contributed by atoms with Gasteiger partial charge in [-0.3, -0.25) is 9.69 Å². The summed E-state index contributed by atoms with van der Waals surface area (Å²) in [6, 6.07) is 12.9. The first-order chi connectivity index (χ1) is 14.5. The van der Waals surface area contributed by atoms with Gasteiger partial charge in [-0.1, -0.05) is 35.5 Å². The maximum Gasteiger partial charge on any atom is 0.307 e. The Morgan fingerprint density at radius 1 is 1.27 bits per heavy atom. The van der Waals surface area contributed by atoms with Crippen LogP contribution in [-0.2, 0) is 9.63 Å². The molecule has 30 heavy (non-hydrogen) atoms. The first-order valence-electron chi connectivity index (χ1n) is 10.4. The molecule has 1 aliphatic heterocycles. The number of carboxylic acid groups (broad SMARTS) is 1. The number of aryl methyl sites for hydroxylation is 2. The molecule has 0 aliphatic carbocycles. The van der Waals surface area contributed by atoms with Gasteiger partial charge in [0.15, 0.2) is 0 Å². The zero-order valence-corrected chi connectivity index (χ0v) is 17.6. The predicted octanol–water partition coefficient (Wildman–Crippen LogP) is 4.37. The summed E-state index contributed by atoms with van der Waals surface area (Å²) in [5, 5.41) is 13.4. The lowest BCUT2D eigenvalue weighted by molar-refractivity contribution is -0.143. The molecule has 1 unspecified atom stereocenters. The van der Waals surface area contributed by atoms with Gasteiger partial charge in [0, 0.05) is 19.0 Å². The third-order valence-electron chi connectivity index (χ3n) is 5.73. The summed E-state index contributed by atoms with van der Waals surface area (Å²) in [6.45, 7) is 6.43. The summed E-state index contributed by atoms with van der Waals surface area (Å²) < 4.78 is 13.6. The number of halogens is 1. The zero-order chi connectivity index (χ0) is 21.5. The standard InChI is InChI=1S/C24H29FN2O3/c1-17-6-3-4-8-21(17)23(22-10-9-20(25)14-18(22)2)15-26-30-13-12-27-11-5-7-19(16-27)24(28)29/h3-4,6,8-10,14-15,19,23H,5,7,11-13,16H2,1-2H3,(H,28,29)/b26-15-/t19-,23?/m1/s1. The first-order valence-corrected chi connectivity index (χ1v) is 10.4. The lowest BCUT2D eigenvalue weighted by Crippen LogP contribution is -2.40.